The summed E-state index contributed by atoms with van der Waals surface area (Å²) in [4.78, 5) is 2.35. The highest BCUT2D eigenvalue weighted by atomic mass is 15.1. The van der Waals surface area contributed by atoms with Crippen molar-refractivity contribution in [2.24, 2.45) is 0 Å². The third kappa shape index (κ3) is 2.87. The van der Waals surface area contributed by atoms with Crippen LogP contribution < -0.4 is 4.90 Å². The SMILES string of the molecule is Cc1[c]c(C)c(C)c(N(c2ccccc2)c2ccccc2)c1C. The van der Waals surface area contributed by atoms with Gasteiger partial charge in [-0.15, -0.1) is 0 Å². The van der Waals surface area contributed by atoms with Gasteiger partial charge in [0.25, 0.3) is 0 Å². The summed E-state index contributed by atoms with van der Waals surface area (Å²) in [6.45, 7) is 8.65. The summed E-state index contributed by atoms with van der Waals surface area (Å²) in [5.74, 6) is 0. The Kier molecular flexibility index (Phi) is 4.20. The lowest BCUT2D eigenvalue weighted by Gasteiger charge is -2.30. The third-order valence-corrected chi connectivity index (χ3v) is 4.46. The van der Waals surface area contributed by atoms with Gasteiger partial charge in [0, 0.05) is 11.4 Å². The van der Waals surface area contributed by atoms with E-state index in [9.17, 15) is 0 Å². The van der Waals surface area contributed by atoms with E-state index in [0.717, 1.165) is 0 Å². The van der Waals surface area contributed by atoms with E-state index in [1.807, 2.05) is 0 Å². The molecule has 115 valence electrons. The Labute approximate surface area is 139 Å². The van der Waals surface area contributed by atoms with Crippen LogP contribution >= 0.6 is 0 Å². The molecule has 0 aromatic heterocycles. The molecule has 1 heteroatoms. The predicted octanol–water partition coefficient (Wildman–Crippen LogP) is 6.19. The number of anilines is 3. The van der Waals surface area contributed by atoms with Gasteiger partial charge in [-0.05, 0) is 80.3 Å². The van der Waals surface area contributed by atoms with Crippen molar-refractivity contribution in [3.8, 4) is 0 Å². The minimum atomic E-state index is 1.18. The molecular weight excluding hydrogens is 278 g/mol. The predicted molar refractivity (Wildman–Crippen MR) is 98.9 cm³/mol. The number of aryl methyl sites for hydroxylation is 2. The summed E-state index contributed by atoms with van der Waals surface area (Å²) >= 11 is 0. The van der Waals surface area contributed by atoms with E-state index in [4.69, 9.17) is 0 Å². The topological polar surface area (TPSA) is 3.24 Å². The fraction of sp³-hybridized carbons (Fsp3) is 0.182. The average Bonchev–Trinajstić information content (AvgIpc) is 2.58. The Bertz CT molecular complexity index is 739. The van der Waals surface area contributed by atoms with Gasteiger partial charge in [0.1, 0.15) is 0 Å². The van der Waals surface area contributed by atoms with Crippen LogP contribution in [-0.4, -0.2) is 0 Å². The van der Waals surface area contributed by atoms with Crippen molar-refractivity contribution in [3.05, 3.63) is 89.0 Å². The first-order chi connectivity index (χ1) is 11.1. The molecule has 0 bridgehead atoms. The summed E-state index contributed by atoms with van der Waals surface area (Å²) in [6.07, 6.45) is 0. The summed E-state index contributed by atoms with van der Waals surface area (Å²) in [7, 11) is 0. The molecule has 0 N–H and O–H groups in total. The van der Waals surface area contributed by atoms with Crippen molar-refractivity contribution in [1.82, 2.24) is 0 Å². The van der Waals surface area contributed by atoms with Crippen LogP contribution in [0.3, 0.4) is 0 Å². The number of nitrogens with zero attached hydrogens (tertiary/aromatic N) is 1. The zero-order valence-electron chi connectivity index (χ0n) is 14.2. The summed E-state index contributed by atoms with van der Waals surface area (Å²) in [5.41, 5.74) is 8.59. The monoisotopic (exact) mass is 300 g/mol. The van der Waals surface area contributed by atoms with Crippen LogP contribution in [0.5, 0.6) is 0 Å². The Balaban J connectivity index is 2.30. The molecule has 23 heavy (non-hydrogen) atoms. The lowest BCUT2D eigenvalue weighted by molar-refractivity contribution is 1.16. The van der Waals surface area contributed by atoms with E-state index >= 15 is 0 Å². The van der Waals surface area contributed by atoms with Crippen LogP contribution in [-0.2, 0) is 0 Å². The molecule has 3 rings (SSSR count). The van der Waals surface area contributed by atoms with Crippen LogP contribution in [0.2, 0.25) is 0 Å². The lowest BCUT2D eigenvalue weighted by atomic mass is 9.97. The molecular formula is C22H22N. The van der Waals surface area contributed by atoms with Gasteiger partial charge in [0.15, 0.2) is 0 Å². The molecule has 0 amide bonds. The minimum Gasteiger partial charge on any atom is -0.310 e. The Morgan fingerprint density at radius 1 is 0.609 bits per heavy atom. The maximum atomic E-state index is 3.48. The molecule has 0 unspecified atom stereocenters. The highest BCUT2D eigenvalue weighted by Crippen LogP contribution is 2.40. The fourth-order valence-electron chi connectivity index (χ4n) is 3.00. The zero-order valence-corrected chi connectivity index (χ0v) is 14.2. The summed E-state index contributed by atoms with van der Waals surface area (Å²) in [5, 5.41) is 0. The number of hydrogen-bond donors (Lipinski definition) is 0. The molecule has 0 aliphatic rings. The second-order valence-electron chi connectivity index (χ2n) is 5.98. The van der Waals surface area contributed by atoms with Crippen molar-refractivity contribution in [1.29, 1.82) is 0 Å². The van der Waals surface area contributed by atoms with Gasteiger partial charge >= 0.3 is 0 Å². The van der Waals surface area contributed by atoms with Crippen molar-refractivity contribution >= 4 is 17.1 Å². The van der Waals surface area contributed by atoms with E-state index < -0.39 is 0 Å². The van der Waals surface area contributed by atoms with E-state index in [0.29, 0.717) is 0 Å². The van der Waals surface area contributed by atoms with Crippen LogP contribution in [0, 0.1) is 33.8 Å². The molecule has 0 aliphatic heterocycles. The third-order valence-electron chi connectivity index (χ3n) is 4.46. The Hall–Kier alpha value is -2.54. The number of rotatable bonds is 3. The molecule has 0 heterocycles. The first-order valence-electron chi connectivity index (χ1n) is 7.99. The zero-order chi connectivity index (χ0) is 16.4. The number of para-hydroxylation sites is 2. The molecule has 0 saturated carbocycles. The molecule has 1 radical (unpaired) electrons. The highest BCUT2D eigenvalue weighted by Gasteiger charge is 2.18. The first kappa shape index (κ1) is 15.4. The van der Waals surface area contributed by atoms with Crippen molar-refractivity contribution in [2.45, 2.75) is 27.7 Å². The van der Waals surface area contributed by atoms with Gasteiger partial charge in [-0.1, -0.05) is 36.4 Å². The van der Waals surface area contributed by atoms with Gasteiger partial charge in [0.2, 0.25) is 0 Å². The molecule has 0 spiro atoms. The van der Waals surface area contributed by atoms with Crippen molar-refractivity contribution < 1.29 is 0 Å². The molecule has 1 nitrogen and oxygen atoms in total. The van der Waals surface area contributed by atoms with E-state index in [-0.39, 0.29) is 0 Å². The average molecular weight is 300 g/mol. The van der Waals surface area contributed by atoms with E-state index in [2.05, 4.69) is 99.3 Å². The van der Waals surface area contributed by atoms with E-state index in [1.54, 1.807) is 0 Å². The smallest absolute Gasteiger partial charge is 0.0525 e. The van der Waals surface area contributed by atoms with Gasteiger partial charge in [-0.3, -0.25) is 0 Å². The Morgan fingerprint density at radius 2 is 1.00 bits per heavy atom. The molecule has 0 fully saturated rings. The standard InChI is InChI=1S/C22H22N/c1-16-15-17(2)19(4)22(18(16)3)23(20-11-7-5-8-12-20)21-13-9-6-10-14-21/h5-14H,1-4H3. The second kappa shape index (κ2) is 6.29. The van der Waals surface area contributed by atoms with Crippen LogP contribution in [0.25, 0.3) is 0 Å². The summed E-state index contributed by atoms with van der Waals surface area (Å²) in [6, 6.07) is 24.6. The Morgan fingerprint density at radius 3 is 1.39 bits per heavy atom. The first-order valence-corrected chi connectivity index (χ1v) is 7.99. The quantitative estimate of drug-likeness (QED) is 0.557. The van der Waals surface area contributed by atoms with Gasteiger partial charge in [-0.25, -0.2) is 0 Å². The maximum Gasteiger partial charge on any atom is 0.0525 e. The fourth-order valence-corrected chi connectivity index (χ4v) is 3.00. The molecule has 3 aromatic carbocycles. The van der Waals surface area contributed by atoms with Crippen LogP contribution in [0.1, 0.15) is 22.3 Å². The van der Waals surface area contributed by atoms with Gasteiger partial charge in [-0.2, -0.15) is 0 Å². The molecule has 3 aromatic rings. The number of benzene rings is 3. The van der Waals surface area contributed by atoms with Crippen molar-refractivity contribution in [2.75, 3.05) is 4.90 Å². The van der Waals surface area contributed by atoms with Crippen LogP contribution in [0.15, 0.2) is 60.7 Å². The minimum absolute atomic E-state index is 1.18. The number of hydrogen-bond acceptors (Lipinski definition) is 1. The second-order valence-corrected chi connectivity index (χ2v) is 5.98. The molecule has 0 saturated heterocycles. The largest absolute Gasteiger partial charge is 0.310 e. The van der Waals surface area contributed by atoms with E-state index in [1.165, 1.54) is 39.3 Å². The lowest BCUT2D eigenvalue weighted by Crippen LogP contribution is -2.14. The van der Waals surface area contributed by atoms with Gasteiger partial charge in [0.05, 0.1) is 5.69 Å². The highest BCUT2D eigenvalue weighted by molar-refractivity contribution is 5.81. The van der Waals surface area contributed by atoms with Crippen LogP contribution in [0.4, 0.5) is 17.1 Å². The molecule has 0 atom stereocenters. The molecule has 0 aliphatic carbocycles. The van der Waals surface area contributed by atoms with Gasteiger partial charge < -0.3 is 4.90 Å². The maximum absolute atomic E-state index is 3.48. The van der Waals surface area contributed by atoms with Crippen molar-refractivity contribution in [3.63, 3.8) is 0 Å². The summed E-state index contributed by atoms with van der Waals surface area (Å²) < 4.78 is 0. The normalized spacial score (nSPS) is 10.6.